The van der Waals surface area contributed by atoms with E-state index in [2.05, 4.69) is 13.0 Å². The second kappa shape index (κ2) is 5.19. The topological polar surface area (TPSA) is 9.23 Å². The Morgan fingerprint density at radius 1 is 1.67 bits per heavy atom. The predicted octanol–water partition coefficient (Wildman–Crippen LogP) is -1.45. The van der Waals surface area contributed by atoms with Gasteiger partial charge >= 0.3 is 58.2 Å². The van der Waals surface area contributed by atoms with Crippen molar-refractivity contribution in [3.8, 4) is 0 Å². The molecule has 2 heteroatoms. The van der Waals surface area contributed by atoms with Crippen LogP contribution in [0.25, 0.3) is 0 Å². The summed E-state index contributed by atoms with van der Waals surface area (Å²) in [6.07, 6.45) is 4.58. The Hall–Kier alpha value is 1.51. The van der Waals surface area contributed by atoms with Crippen LogP contribution in [0.15, 0.2) is 5.57 Å². The smallest absolute Gasteiger partial charge is 0.493 e. The number of ether oxygens (including phenoxy) is 1. The molecule has 1 aliphatic rings. The van der Waals surface area contributed by atoms with Crippen molar-refractivity contribution >= 4 is 0 Å². The fourth-order valence-electron chi connectivity index (χ4n) is 0.695. The van der Waals surface area contributed by atoms with Crippen LogP contribution in [-0.2, 0) is 4.74 Å². The molecule has 0 saturated heterocycles. The fourth-order valence-corrected chi connectivity index (χ4v) is 0.695. The van der Waals surface area contributed by atoms with Gasteiger partial charge in [0.05, 0.1) is 0 Å². The van der Waals surface area contributed by atoms with Crippen molar-refractivity contribution in [1.82, 2.24) is 0 Å². The number of hydrogen-bond donors (Lipinski definition) is 0. The van der Waals surface area contributed by atoms with Crippen LogP contribution in [-0.4, -0.2) is 12.7 Å². The Bertz CT molecular complexity index is 109. The average molecular weight is 197 g/mol. The van der Waals surface area contributed by atoms with E-state index in [9.17, 15) is 0 Å². The van der Waals surface area contributed by atoms with Gasteiger partial charge in [-0.15, -0.1) is 0 Å². The van der Waals surface area contributed by atoms with Crippen LogP contribution in [0.1, 0.15) is 20.3 Å². The van der Waals surface area contributed by atoms with E-state index < -0.39 is 0 Å². The molecule has 0 aromatic rings. The largest absolute Gasteiger partial charge is 1.00 e. The summed E-state index contributed by atoms with van der Waals surface area (Å²) in [4.78, 5) is 0. The molecule has 0 spiro atoms. The summed E-state index contributed by atoms with van der Waals surface area (Å²) in [5.74, 6) is 0. The third kappa shape index (κ3) is 4.04. The molecule has 0 N–H and O–H groups in total. The molecule has 1 aliphatic heterocycles. The molecule has 1 nitrogen and oxygen atoms in total. The average Bonchev–Trinajstić information content (AvgIpc) is 1.77. The molecule has 1 unspecified atom stereocenters. The van der Waals surface area contributed by atoms with Gasteiger partial charge in [0.1, 0.15) is 0 Å². The molecular weight excluding hydrogens is 186 g/mol. The van der Waals surface area contributed by atoms with E-state index in [0.717, 1.165) is 13.0 Å². The first kappa shape index (κ1) is 10.5. The molecule has 0 aromatic heterocycles. The Balaban J connectivity index is 0.000000640. The molecule has 0 amide bonds. The first-order valence-corrected chi connectivity index (χ1v) is 2.97. The molecule has 0 radical (unpaired) electrons. The molecule has 46 valence electrons. The van der Waals surface area contributed by atoms with Crippen molar-refractivity contribution in [3.05, 3.63) is 11.6 Å². The predicted molar refractivity (Wildman–Crippen MR) is 32.5 cm³/mol. The van der Waals surface area contributed by atoms with Crippen LogP contribution in [0.2, 0.25) is 0 Å². The summed E-state index contributed by atoms with van der Waals surface area (Å²) >= 11 is 0. The van der Waals surface area contributed by atoms with Crippen molar-refractivity contribution in [2.45, 2.75) is 26.4 Å². The van der Waals surface area contributed by atoms with Crippen LogP contribution in [0.5, 0.6) is 0 Å². The van der Waals surface area contributed by atoms with Gasteiger partial charge in [-0.25, -0.2) is 5.57 Å². The Labute approximate surface area is 106 Å². The van der Waals surface area contributed by atoms with Gasteiger partial charge in [0.2, 0.25) is 0 Å². The summed E-state index contributed by atoms with van der Waals surface area (Å²) in [6, 6.07) is 0. The van der Waals surface area contributed by atoms with Gasteiger partial charge in [0, 0.05) is 12.7 Å². The first-order chi connectivity index (χ1) is 3.79. The monoisotopic (exact) mass is 196 g/mol. The van der Waals surface area contributed by atoms with Gasteiger partial charge in [0.15, 0.2) is 0 Å². The maximum absolute atomic E-state index is 5.29. The molecule has 1 atom stereocenters. The van der Waals surface area contributed by atoms with E-state index in [1.165, 1.54) is 5.57 Å². The standard InChI is InChI=1S/C7H11O.Rb/c1-6-3-4-7(2)8-5-6;/h7H,4-5H2,1-2H3;/q-1;+1. The zero-order valence-electron chi connectivity index (χ0n) is 6.40. The summed E-state index contributed by atoms with van der Waals surface area (Å²) in [5.41, 5.74) is 1.24. The van der Waals surface area contributed by atoms with E-state index in [1.54, 1.807) is 0 Å². The minimum atomic E-state index is 0. The van der Waals surface area contributed by atoms with Crippen molar-refractivity contribution in [2.24, 2.45) is 0 Å². The molecule has 0 fully saturated rings. The van der Waals surface area contributed by atoms with E-state index in [0.29, 0.717) is 6.10 Å². The van der Waals surface area contributed by atoms with Crippen molar-refractivity contribution in [1.29, 1.82) is 0 Å². The van der Waals surface area contributed by atoms with Gasteiger partial charge < -0.3 is 10.8 Å². The maximum atomic E-state index is 5.29. The SMILES string of the molecule is CC1=[C-]CC(C)OC1.[Rb+]. The van der Waals surface area contributed by atoms with Crippen molar-refractivity contribution in [3.63, 3.8) is 0 Å². The van der Waals surface area contributed by atoms with E-state index >= 15 is 0 Å². The van der Waals surface area contributed by atoms with Gasteiger partial charge in [-0.1, -0.05) is 6.92 Å². The van der Waals surface area contributed by atoms with Gasteiger partial charge in [-0.3, -0.25) is 0 Å². The minimum absolute atomic E-state index is 0. The molecular formula is C7H11ORb. The molecule has 1 rings (SSSR count). The van der Waals surface area contributed by atoms with Gasteiger partial charge in [-0.2, -0.15) is 6.42 Å². The quantitative estimate of drug-likeness (QED) is 0.431. The van der Waals surface area contributed by atoms with E-state index in [1.807, 2.05) is 6.92 Å². The molecule has 0 aromatic carbocycles. The summed E-state index contributed by atoms with van der Waals surface area (Å²) in [6.45, 7) is 4.90. The van der Waals surface area contributed by atoms with Gasteiger partial charge in [0.25, 0.3) is 0 Å². The molecule has 0 bridgehead atoms. The summed E-state index contributed by atoms with van der Waals surface area (Å²) < 4.78 is 5.29. The van der Waals surface area contributed by atoms with E-state index in [4.69, 9.17) is 4.74 Å². The number of hydrogen-bond acceptors (Lipinski definition) is 1. The second-order valence-electron chi connectivity index (χ2n) is 2.28. The zero-order valence-corrected chi connectivity index (χ0v) is 11.3. The fraction of sp³-hybridized carbons (Fsp3) is 0.714. The van der Waals surface area contributed by atoms with Gasteiger partial charge in [-0.05, 0) is 6.92 Å². The van der Waals surface area contributed by atoms with Crippen LogP contribution in [0.4, 0.5) is 0 Å². The minimum Gasteiger partial charge on any atom is -0.493 e. The first-order valence-electron chi connectivity index (χ1n) is 2.97. The van der Waals surface area contributed by atoms with Crippen molar-refractivity contribution in [2.75, 3.05) is 6.61 Å². The van der Waals surface area contributed by atoms with Crippen LogP contribution in [0.3, 0.4) is 0 Å². The maximum Gasteiger partial charge on any atom is 1.00 e. The third-order valence-corrected chi connectivity index (χ3v) is 1.28. The zero-order chi connectivity index (χ0) is 5.98. The van der Waals surface area contributed by atoms with Crippen LogP contribution < -0.4 is 58.2 Å². The normalized spacial score (nSPS) is 26.4. The molecule has 9 heavy (non-hydrogen) atoms. The Kier molecular flexibility index (Phi) is 6.06. The second-order valence-corrected chi connectivity index (χ2v) is 2.28. The van der Waals surface area contributed by atoms with Crippen LogP contribution in [0, 0.1) is 6.08 Å². The summed E-state index contributed by atoms with van der Waals surface area (Å²) in [7, 11) is 0. The van der Waals surface area contributed by atoms with Crippen LogP contribution >= 0.6 is 0 Å². The summed E-state index contributed by atoms with van der Waals surface area (Å²) in [5, 5.41) is 0. The Morgan fingerprint density at radius 2 is 2.33 bits per heavy atom. The molecule has 1 heterocycles. The Morgan fingerprint density at radius 3 is 2.67 bits per heavy atom. The number of rotatable bonds is 0. The third-order valence-electron chi connectivity index (χ3n) is 1.28. The molecule has 0 aliphatic carbocycles. The van der Waals surface area contributed by atoms with Crippen molar-refractivity contribution < 1.29 is 62.9 Å². The molecule has 0 saturated carbocycles. The van der Waals surface area contributed by atoms with E-state index in [-0.39, 0.29) is 58.2 Å².